The minimum Gasteiger partial charge on any atom is -0.322 e. The number of amides is 2. The summed E-state index contributed by atoms with van der Waals surface area (Å²) in [5.74, 6) is -0.310. The van der Waals surface area contributed by atoms with E-state index in [4.69, 9.17) is 4.98 Å². The molecular formula is C26H30FN7O2. The second-order valence-corrected chi connectivity index (χ2v) is 9.42. The van der Waals surface area contributed by atoms with Crippen molar-refractivity contribution in [3.8, 4) is 22.6 Å². The van der Waals surface area contributed by atoms with Crippen molar-refractivity contribution in [3.63, 3.8) is 0 Å². The number of rotatable bonds is 5. The number of halogens is 1. The first kappa shape index (κ1) is 24.1. The predicted octanol–water partition coefficient (Wildman–Crippen LogP) is 2.61. The molecule has 0 aliphatic carbocycles. The second-order valence-electron chi connectivity index (χ2n) is 9.42. The standard InChI is InChI=1S/C26H30FN7O2/c1-17-5-4-6-21(28-17)24-25(34-14-13-33(18(2)35)26(34)30-24)19-7-8-20(27)22(15-19)29-23(36)16-32-11-9-31(3)10-12-32/h4-8,15H,9-14,16H2,1-3H3,(H,29,36). The average Bonchev–Trinajstić information content (AvgIpc) is 3.41. The van der Waals surface area contributed by atoms with Crippen LogP contribution in [0.15, 0.2) is 36.4 Å². The number of hydrogen-bond donors (Lipinski definition) is 1. The number of fused-ring (bicyclic) bond motifs is 1. The zero-order valence-electron chi connectivity index (χ0n) is 20.8. The minimum absolute atomic E-state index is 0.0926. The van der Waals surface area contributed by atoms with Crippen LogP contribution in [0.3, 0.4) is 0 Å². The van der Waals surface area contributed by atoms with E-state index in [1.807, 2.05) is 29.7 Å². The van der Waals surface area contributed by atoms with Crippen molar-refractivity contribution in [2.24, 2.45) is 0 Å². The number of imidazole rings is 1. The Bertz CT molecular complexity index is 1310. The topological polar surface area (TPSA) is 86.6 Å². The number of pyridine rings is 1. The number of nitrogens with zero attached hydrogens (tertiary/aromatic N) is 6. The Morgan fingerprint density at radius 3 is 2.53 bits per heavy atom. The number of carbonyl (C=O) groups is 2. The number of aryl methyl sites for hydroxylation is 1. The Morgan fingerprint density at radius 1 is 1.03 bits per heavy atom. The maximum absolute atomic E-state index is 14.8. The molecule has 1 fully saturated rings. The third-order valence-corrected chi connectivity index (χ3v) is 6.72. The van der Waals surface area contributed by atoms with Gasteiger partial charge in [-0.1, -0.05) is 6.07 Å². The van der Waals surface area contributed by atoms with Crippen LogP contribution in [-0.2, 0) is 16.1 Å². The lowest BCUT2D eigenvalue weighted by Gasteiger charge is -2.31. The number of likely N-dealkylation sites (N-methyl/N-ethyl adjacent to an activating group) is 1. The van der Waals surface area contributed by atoms with Crippen LogP contribution < -0.4 is 10.2 Å². The van der Waals surface area contributed by atoms with Gasteiger partial charge < -0.3 is 14.8 Å². The summed E-state index contributed by atoms with van der Waals surface area (Å²) in [6.45, 7) is 8.11. The summed E-state index contributed by atoms with van der Waals surface area (Å²) in [4.78, 5) is 40.3. The van der Waals surface area contributed by atoms with Crippen LogP contribution in [0, 0.1) is 12.7 Å². The highest BCUT2D eigenvalue weighted by Gasteiger charge is 2.31. The molecule has 1 saturated heterocycles. The summed E-state index contributed by atoms with van der Waals surface area (Å²) < 4.78 is 16.8. The van der Waals surface area contributed by atoms with Crippen LogP contribution in [0.1, 0.15) is 12.6 Å². The lowest BCUT2D eigenvalue weighted by Crippen LogP contribution is -2.47. The molecule has 1 N–H and O–H groups in total. The van der Waals surface area contributed by atoms with E-state index in [0.29, 0.717) is 36.0 Å². The Kier molecular flexibility index (Phi) is 6.55. The van der Waals surface area contributed by atoms with Crippen LogP contribution in [0.4, 0.5) is 16.0 Å². The fraction of sp³-hybridized carbons (Fsp3) is 0.385. The molecule has 0 spiro atoms. The number of anilines is 2. The molecule has 0 atom stereocenters. The van der Waals surface area contributed by atoms with E-state index in [9.17, 15) is 14.0 Å². The van der Waals surface area contributed by atoms with Gasteiger partial charge in [-0.05, 0) is 44.3 Å². The molecule has 0 saturated carbocycles. The monoisotopic (exact) mass is 491 g/mol. The van der Waals surface area contributed by atoms with Crippen molar-refractivity contribution in [1.29, 1.82) is 0 Å². The third-order valence-electron chi connectivity index (χ3n) is 6.72. The molecule has 4 heterocycles. The first-order valence-corrected chi connectivity index (χ1v) is 12.1. The molecule has 3 aromatic rings. The fourth-order valence-electron chi connectivity index (χ4n) is 4.77. The minimum atomic E-state index is -0.507. The van der Waals surface area contributed by atoms with Crippen molar-refractivity contribution in [1.82, 2.24) is 24.3 Å². The van der Waals surface area contributed by atoms with Gasteiger partial charge in [0, 0.05) is 57.4 Å². The van der Waals surface area contributed by atoms with E-state index in [0.717, 1.165) is 37.6 Å². The van der Waals surface area contributed by atoms with Gasteiger partial charge in [0.15, 0.2) is 0 Å². The van der Waals surface area contributed by atoms with Gasteiger partial charge >= 0.3 is 0 Å². The third kappa shape index (κ3) is 4.74. The highest BCUT2D eigenvalue weighted by Crippen LogP contribution is 2.38. The van der Waals surface area contributed by atoms with Gasteiger partial charge in [0.2, 0.25) is 17.8 Å². The van der Waals surface area contributed by atoms with Gasteiger partial charge in [0.25, 0.3) is 0 Å². The van der Waals surface area contributed by atoms with Gasteiger partial charge in [-0.25, -0.2) is 9.37 Å². The lowest BCUT2D eigenvalue weighted by molar-refractivity contribution is -0.118. The van der Waals surface area contributed by atoms with Gasteiger partial charge in [-0.2, -0.15) is 0 Å². The molecule has 2 amide bonds. The molecule has 2 aliphatic rings. The summed E-state index contributed by atoms with van der Waals surface area (Å²) >= 11 is 0. The van der Waals surface area contributed by atoms with Crippen molar-refractivity contribution in [3.05, 3.63) is 47.9 Å². The van der Waals surface area contributed by atoms with Crippen LogP contribution in [0.5, 0.6) is 0 Å². The number of benzene rings is 1. The largest absolute Gasteiger partial charge is 0.322 e. The summed E-state index contributed by atoms with van der Waals surface area (Å²) in [5, 5.41) is 2.76. The highest BCUT2D eigenvalue weighted by atomic mass is 19.1. The molecule has 2 aromatic heterocycles. The van der Waals surface area contributed by atoms with E-state index in [-0.39, 0.29) is 24.0 Å². The Morgan fingerprint density at radius 2 is 1.81 bits per heavy atom. The molecule has 0 unspecified atom stereocenters. The van der Waals surface area contributed by atoms with Crippen molar-refractivity contribution >= 4 is 23.5 Å². The Hall–Kier alpha value is -3.63. The van der Waals surface area contributed by atoms with Crippen LogP contribution in [0.2, 0.25) is 0 Å². The molecule has 10 heteroatoms. The molecule has 2 aliphatic heterocycles. The predicted molar refractivity (Wildman–Crippen MR) is 136 cm³/mol. The maximum atomic E-state index is 14.8. The number of piperazine rings is 1. The van der Waals surface area contributed by atoms with Gasteiger partial charge in [-0.3, -0.25) is 24.4 Å². The summed E-state index contributed by atoms with van der Waals surface area (Å²) in [6, 6.07) is 10.3. The zero-order chi connectivity index (χ0) is 25.4. The molecule has 1 aromatic carbocycles. The molecule has 5 rings (SSSR count). The van der Waals surface area contributed by atoms with Crippen molar-refractivity contribution < 1.29 is 14.0 Å². The molecule has 9 nitrogen and oxygen atoms in total. The first-order valence-electron chi connectivity index (χ1n) is 12.1. The van der Waals surface area contributed by atoms with Crippen LogP contribution in [-0.4, -0.2) is 82.5 Å². The SMILES string of the molecule is CC(=O)N1CCn2c1nc(-c1cccc(C)n1)c2-c1ccc(F)c(NC(=O)CN2CCN(C)CC2)c1. The highest BCUT2D eigenvalue weighted by molar-refractivity contribution is 5.95. The molecule has 0 bridgehead atoms. The van der Waals surface area contributed by atoms with Gasteiger partial charge in [0.05, 0.1) is 23.6 Å². The zero-order valence-corrected chi connectivity index (χ0v) is 20.8. The summed E-state index contributed by atoms with van der Waals surface area (Å²) in [6.07, 6.45) is 0. The molecule has 0 radical (unpaired) electrons. The number of aromatic nitrogens is 3. The van der Waals surface area contributed by atoms with Crippen molar-refractivity contribution in [2.45, 2.75) is 20.4 Å². The number of nitrogens with one attached hydrogen (secondary N) is 1. The molecule has 188 valence electrons. The van der Waals surface area contributed by atoms with E-state index in [1.165, 1.54) is 13.0 Å². The average molecular weight is 492 g/mol. The van der Waals surface area contributed by atoms with Gasteiger partial charge in [0.1, 0.15) is 11.5 Å². The fourth-order valence-corrected chi connectivity index (χ4v) is 4.77. The second kappa shape index (κ2) is 9.79. The lowest BCUT2D eigenvalue weighted by atomic mass is 10.1. The van der Waals surface area contributed by atoms with Gasteiger partial charge in [-0.15, -0.1) is 0 Å². The van der Waals surface area contributed by atoms with E-state index in [1.54, 1.807) is 17.0 Å². The van der Waals surface area contributed by atoms with E-state index >= 15 is 0 Å². The number of hydrogen-bond acceptors (Lipinski definition) is 6. The van der Waals surface area contributed by atoms with Crippen molar-refractivity contribution in [2.75, 3.05) is 56.5 Å². The Labute approximate surface area is 209 Å². The molecule has 36 heavy (non-hydrogen) atoms. The summed E-state index contributed by atoms with van der Waals surface area (Å²) in [5.41, 5.74) is 3.66. The first-order chi connectivity index (χ1) is 17.3. The Balaban J connectivity index is 1.49. The summed E-state index contributed by atoms with van der Waals surface area (Å²) in [7, 11) is 2.06. The number of carbonyl (C=O) groups excluding carboxylic acids is 2. The van der Waals surface area contributed by atoms with E-state index in [2.05, 4.69) is 27.1 Å². The van der Waals surface area contributed by atoms with Crippen LogP contribution in [0.25, 0.3) is 22.6 Å². The normalized spacial score (nSPS) is 16.3. The maximum Gasteiger partial charge on any atom is 0.238 e. The smallest absolute Gasteiger partial charge is 0.238 e. The van der Waals surface area contributed by atoms with Crippen LogP contribution >= 0.6 is 0 Å². The quantitative estimate of drug-likeness (QED) is 0.591. The molecular weight excluding hydrogens is 461 g/mol. The van der Waals surface area contributed by atoms with E-state index < -0.39 is 5.82 Å².